The molecule has 0 saturated heterocycles. The second kappa shape index (κ2) is 11.5. The molecule has 1 atom stereocenters. The molecular weight excluding hydrogens is 414 g/mol. The van der Waals surface area contributed by atoms with E-state index in [1.807, 2.05) is 38.1 Å². The van der Waals surface area contributed by atoms with E-state index in [9.17, 15) is 4.79 Å². The fourth-order valence-corrected chi connectivity index (χ4v) is 3.73. The molecule has 0 aliphatic rings. The molecule has 3 rings (SSSR count). The second-order valence-corrected chi connectivity index (χ2v) is 8.42. The Bertz CT molecular complexity index is 978. The van der Waals surface area contributed by atoms with Gasteiger partial charge >= 0.3 is 0 Å². The van der Waals surface area contributed by atoms with Crippen LogP contribution in [-0.2, 0) is 29.0 Å². The number of aromatic nitrogens is 2. The van der Waals surface area contributed by atoms with E-state index in [0.717, 1.165) is 11.3 Å². The van der Waals surface area contributed by atoms with Crippen LogP contribution in [0.25, 0.3) is 0 Å². The highest BCUT2D eigenvalue weighted by Gasteiger charge is 2.13. The molecule has 31 heavy (non-hydrogen) atoms. The van der Waals surface area contributed by atoms with Gasteiger partial charge in [-0.2, -0.15) is 0 Å². The van der Waals surface area contributed by atoms with Crippen LogP contribution in [0.15, 0.2) is 48.7 Å². The fourth-order valence-electron chi connectivity index (χ4n) is 3.05. The molecule has 0 aliphatic carbocycles. The zero-order chi connectivity index (χ0) is 22.1. The lowest BCUT2D eigenvalue weighted by Crippen LogP contribution is -2.18. The summed E-state index contributed by atoms with van der Waals surface area (Å²) in [4.78, 5) is 22.2. The van der Waals surface area contributed by atoms with E-state index >= 15 is 0 Å². The molecule has 0 fully saturated rings. The van der Waals surface area contributed by atoms with E-state index in [-0.39, 0.29) is 38.3 Å². The SMILES string of the molecule is Cc1cnc(NC(=O)Cc2cc(O[C@@H](C)Cc3ccccc3)cc(COCCO)n2)s1. The van der Waals surface area contributed by atoms with Crippen molar-refractivity contribution in [3.05, 3.63) is 70.5 Å². The maximum absolute atomic E-state index is 12.4. The number of nitrogens with zero attached hydrogens (tertiary/aromatic N) is 2. The molecule has 1 amide bonds. The quantitative estimate of drug-likeness (QED) is 0.442. The van der Waals surface area contributed by atoms with E-state index in [1.165, 1.54) is 16.9 Å². The van der Waals surface area contributed by atoms with Crippen molar-refractivity contribution in [2.45, 2.75) is 39.4 Å². The van der Waals surface area contributed by atoms with Crippen LogP contribution in [-0.4, -0.2) is 40.3 Å². The van der Waals surface area contributed by atoms with Crippen LogP contribution in [0.1, 0.15) is 28.8 Å². The Labute approximate surface area is 186 Å². The lowest BCUT2D eigenvalue weighted by atomic mass is 10.1. The normalized spacial score (nSPS) is 11.8. The summed E-state index contributed by atoms with van der Waals surface area (Å²) in [5.41, 5.74) is 2.41. The van der Waals surface area contributed by atoms with Gasteiger partial charge in [0, 0.05) is 29.6 Å². The number of aliphatic hydroxyl groups excluding tert-OH is 1. The summed E-state index contributed by atoms with van der Waals surface area (Å²) in [7, 11) is 0. The molecule has 3 aromatic rings. The number of rotatable bonds is 11. The van der Waals surface area contributed by atoms with Crippen LogP contribution in [0.5, 0.6) is 5.75 Å². The third kappa shape index (κ3) is 7.75. The number of ether oxygens (including phenoxy) is 2. The molecule has 0 aliphatic heterocycles. The fraction of sp³-hybridized carbons (Fsp3) is 0.348. The highest BCUT2D eigenvalue weighted by molar-refractivity contribution is 7.15. The summed E-state index contributed by atoms with van der Waals surface area (Å²) >= 11 is 1.42. The van der Waals surface area contributed by atoms with Crippen LogP contribution >= 0.6 is 11.3 Å². The zero-order valence-electron chi connectivity index (χ0n) is 17.7. The molecule has 0 spiro atoms. The maximum Gasteiger partial charge on any atom is 0.232 e. The van der Waals surface area contributed by atoms with Crippen molar-refractivity contribution < 1.29 is 19.4 Å². The van der Waals surface area contributed by atoms with Gasteiger partial charge in [-0.1, -0.05) is 30.3 Å². The van der Waals surface area contributed by atoms with E-state index < -0.39 is 0 Å². The largest absolute Gasteiger partial charge is 0.490 e. The number of nitrogens with one attached hydrogen (secondary N) is 1. The summed E-state index contributed by atoms with van der Waals surface area (Å²) in [5, 5.41) is 12.3. The minimum atomic E-state index is -0.196. The first-order valence-corrected chi connectivity index (χ1v) is 10.9. The van der Waals surface area contributed by atoms with Gasteiger partial charge in [0.05, 0.1) is 43.7 Å². The number of aliphatic hydroxyl groups is 1. The van der Waals surface area contributed by atoms with Gasteiger partial charge in [-0.3, -0.25) is 9.78 Å². The van der Waals surface area contributed by atoms with Crippen molar-refractivity contribution in [1.82, 2.24) is 9.97 Å². The van der Waals surface area contributed by atoms with Gasteiger partial charge in [-0.15, -0.1) is 11.3 Å². The van der Waals surface area contributed by atoms with Crippen LogP contribution in [0.4, 0.5) is 5.13 Å². The molecule has 0 unspecified atom stereocenters. The molecule has 2 heterocycles. The number of anilines is 1. The lowest BCUT2D eigenvalue weighted by molar-refractivity contribution is -0.115. The number of aryl methyl sites for hydroxylation is 1. The smallest absolute Gasteiger partial charge is 0.232 e. The number of hydrogen-bond acceptors (Lipinski definition) is 7. The number of carbonyl (C=O) groups is 1. The average Bonchev–Trinajstić information content (AvgIpc) is 3.13. The Kier molecular flexibility index (Phi) is 8.52. The number of carbonyl (C=O) groups excluding carboxylic acids is 1. The van der Waals surface area contributed by atoms with E-state index in [1.54, 1.807) is 12.3 Å². The van der Waals surface area contributed by atoms with Crippen LogP contribution in [0, 0.1) is 6.92 Å². The van der Waals surface area contributed by atoms with Crippen LogP contribution in [0.2, 0.25) is 0 Å². The molecular formula is C23H27N3O4S. The van der Waals surface area contributed by atoms with Gasteiger partial charge in [0.1, 0.15) is 5.75 Å². The predicted molar refractivity (Wildman–Crippen MR) is 120 cm³/mol. The van der Waals surface area contributed by atoms with Crippen molar-refractivity contribution in [3.63, 3.8) is 0 Å². The topological polar surface area (TPSA) is 93.6 Å². The Balaban J connectivity index is 1.69. The Hall–Kier alpha value is -2.81. The van der Waals surface area contributed by atoms with E-state index in [2.05, 4.69) is 27.4 Å². The van der Waals surface area contributed by atoms with Crippen molar-refractivity contribution in [3.8, 4) is 5.75 Å². The van der Waals surface area contributed by atoms with Crippen LogP contribution in [0.3, 0.4) is 0 Å². The third-order valence-corrected chi connectivity index (χ3v) is 5.13. The van der Waals surface area contributed by atoms with Crippen LogP contribution < -0.4 is 10.1 Å². The first-order chi connectivity index (χ1) is 15.0. The number of benzene rings is 1. The molecule has 1 aromatic carbocycles. The lowest BCUT2D eigenvalue weighted by Gasteiger charge is -2.16. The molecule has 164 valence electrons. The molecule has 0 bridgehead atoms. The van der Waals surface area contributed by atoms with Crippen molar-refractivity contribution in [2.24, 2.45) is 0 Å². The van der Waals surface area contributed by atoms with Gasteiger partial charge in [0.2, 0.25) is 5.91 Å². The summed E-state index contributed by atoms with van der Waals surface area (Å²) in [6.45, 7) is 4.33. The molecule has 0 saturated carbocycles. The number of amides is 1. The summed E-state index contributed by atoms with van der Waals surface area (Å²) in [5.74, 6) is 0.437. The van der Waals surface area contributed by atoms with Crippen molar-refractivity contribution >= 4 is 22.4 Å². The Morgan fingerprint density at radius 3 is 2.71 bits per heavy atom. The average molecular weight is 442 g/mol. The standard InChI is InChI=1S/C23H27N3O4S/c1-16(10-18-6-4-3-5-7-18)30-21-11-19(25-20(12-21)15-29-9-8-27)13-22(28)26-23-24-14-17(2)31-23/h3-7,11-12,14,16,27H,8-10,13,15H2,1-2H3,(H,24,26,28)/t16-/m0/s1. The van der Waals surface area contributed by atoms with E-state index in [0.29, 0.717) is 22.3 Å². The predicted octanol–water partition coefficient (Wildman–Crippen LogP) is 3.55. The molecule has 8 heteroatoms. The molecule has 2 aromatic heterocycles. The number of pyridine rings is 1. The number of hydrogen-bond donors (Lipinski definition) is 2. The molecule has 0 radical (unpaired) electrons. The summed E-state index contributed by atoms with van der Waals surface area (Å²) in [6.07, 6.45) is 2.52. The minimum absolute atomic E-state index is 0.0593. The molecule has 7 nitrogen and oxygen atoms in total. The highest BCUT2D eigenvalue weighted by Crippen LogP contribution is 2.20. The highest BCUT2D eigenvalue weighted by atomic mass is 32.1. The van der Waals surface area contributed by atoms with Gasteiger partial charge in [0.15, 0.2) is 5.13 Å². The van der Waals surface area contributed by atoms with Crippen molar-refractivity contribution in [2.75, 3.05) is 18.5 Å². The monoisotopic (exact) mass is 441 g/mol. The van der Waals surface area contributed by atoms with Gasteiger partial charge < -0.3 is 19.9 Å². The van der Waals surface area contributed by atoms with Gasteiger partial charge in [-0.25, -0.2) is 4.98 Å². The van der Waals surface area contributed by atoms with Gasteiger partial charge in [0.25, 0.3) is 0 Å². The van der Waals surface area contributed by atoms with E-state index in [4.69, 9.17) is 14.6 Å². The zero-order valence-corrected chi connectivity index (χ0v) is 18.5. The first-order valence-electron chi connectivity index (χ1n) is 10.1. The third-order valence-electron chi connectivity index (χ3n) is 4.30. The maximum atomic E-state index is 12.4. The molecule has 2 N–H and O–H groups in total. The second-order valence-electron chi connectivity index (χ2n) is 7.18. The summed E-state index contributed by atoms with van der Waals surface area (Å²) < 4.78 is 11.5. The van der Waals surface area contributed by atoms with Crippen molar-refractivity contribution in [1.29, 1.82) is 0 Å². The Morgan fingerprint density at radius 1 is 1.23 bits per heavy atom. The van der Waals surface area contributed by atoms with Gasteiger partial charge in [-0.05, 0) is 19.4 Å². The minimum Gasteiger partial charge on any atom is -0.490 e. The summed E-state index contributed by atoms with van der Waals surface area (Å²) in [6, 6.07) is 13.7. The Morgan fingerprint density at radius 2 is 2.00 bits per heavy atom. The number of thiazole rings is 1. The first kappa shape index (κ1) is 22.9.